The van der Waals surface area contributed by atoms with E-state index >= 15 is 0 Å². The van der Waals surface area contributed by atoms with E-state index in [4.69, 9.17) is 10.8 Å². The summed E-state index contributed by atoms with van der Waals surface area (Å²) < 4.78 is 0. The van der Waals surface area contributed by atoms with Crippen LogP contribution in [0, 0.1) is 0 Å². The third-order valence-electron chi connectivity index (χ3n) is 1.18. The van der Waals surface area contributed by atoms with Crippen molar-refractivity contribution in [3.05, 3.63) is 30.3 Å². The predicted octanol–water partition coefficient (Wildman–Crippen LogP) is -0.968. The Bertz CT molecular complexity index is 174. The van der Waals surface area contributed by atoms with Crippen LogP contribution in [-0.2, 0) is 0 Å². The predicted molar refractivity (Wildman–Crippen MR) is 41.6 cm³/mol. The Kier molecular flexibility index (Phi) is 1.99. The SMILES string of the molecule is N[SiH](N)c1ccccc1. The third-order valence-corrected chi connectivity index (χ3v) is 2.34. The van der Waals surface area contributed by atoms with E-state index in [1.807, 2.05) is 30.3 Å². The van der Waals surface area contributed by atoms with Gasteiger partial charge in [-0.15, -0.1) is 0 Å². The second-order valence-corrected chi connectivity index (χ2v) is 3.65. The smallest absolute Gasteiger partial charge is 0.212 e. The van der Waals surface area contributed by atoms with Gasteiger partial charge in [0.2, 0.25) is 9.12 Å². The molecule has 0 radical (unpaired) electrons. The minimum Gasteiger partial charge on any atom is -0.338 e. The van der Waals surface area contributed by atoms with E-state index in [-0.39, 0.29) is 0 Å². The van der Waals surface area contributed by atoms with Crippen molar-refractivity contribution < 1.29 is 0 Å². The number of benzene rings is 1. The lowest BCUT2D eigenvalue weighted by molar-refractivity contribution is 1.64. The monoisotopic (exact) mass is 138 g/mol. The quantitative estimate of drug-likeness (QED) is 0.491. The fraction of sp³-hybridized carbons (Fsp3) is 0. The molecule has 0 aromatic heterocycles. The molecule has 0 aliphatic carbocycles. The Hall–Kier alpha value is -0.643. The van der Waals surface area contributed by atoms with Crippen molar-refractivity contribution in [3.8, 4) is 0 Å². The van der Waals surface area contributed by atoms with Crippen LogP contribution in [0.25, 0.3) is 0 Å². The second-order valence-electron chi connectivity index (χ2n) is 1.94. The summed E-state index contributed by atoms with van der Waals surface area (Å²) in [5.74, 6) is 0. The fourth-order valence-corrected chi connectivity index (χ4v) is 1.34. The van der Waals surface area contributed by atoms with E-state index in [0.29, 0.717) is 0 Å². The molecule has 0 fully saturated rings. The van der Waals surface area contributed by atoms with Gasteiger partial charge in [0.25, 0.3) is 0 Å². The first kappa shape index (κ1) is 6.48. The van der Waals surface area contributed by atoms with Gasteiger partial charge in [-0.2, -0.15) is 0 Å². The summed E-state index contributed by atoms with van der Waals surface area (Å²) in [6, 6.07) is 9.80. The van der Waals surface area contributed by atoms with Gasteiger partial charge in [0.05, 0.1) is 0 Å². The standard InChI is InChI=1S/C6H10N2Si/c7-9(8)6-4-2-1-3-5-6/h1-5,9H,7-8H2. The van der Waals surface area contributed by atoms with E-state index in [1.54, 1.807) is 0 Å². The van der Waals surface area contributed by atoms with Crippen LogP contribution in [-0.4, -0.2) is 9.12 Å². The summed E-state index contributed by atoms with van der Waals surface area (Å²) in [6.07, 6.45) is 0. The van der Waals surface area contributed by atoms with Crippen molar-refractivity contribution >= 4 is 14.3 Å². The van der Waals surface area contributed by atoms with E-state index < -0.39 is 9.12 Å². The molecular formula is C6H10N2Si. The number of nitrogens with two attached hydrogens (primary N) is 2. The lowest BCUT2D eigenvalue weighted by Crippen LogP contribution is -2.48. The Morgan fingerprint density at radius 3 is 1.89 bits per heavy atom. The van der Waals surface area contributed by atoms with Crippen LogP contribution in [0.4, 0.5) is 0 Å². The van der Waals surface area contributed by atoms with Crippen molar-refractivity contribution in [3.63, 3.8) is 0 Å². The first-order valence-corrected chi connectivity index (χ1v) is 4.78. The van der Waals surface area contributed by atoms with Gasteiger partial charge in [0.15, 0.2) is 0 Å². The molecule has 9 heavy (non-hydrogen) atoms. The highest BCUT2D eigenvalue weighted by Crippen LogP contribution is 1.79. The molecule has 0 saturated carbocycles. The molecule has 0 amide bonds. The van der Waals surface area contributed by atoms with E-state index in [1.165, 1.54) is 0 Å². The van der Waals surface area contributed by atoms with Crippen LogP contribution in [0.2, 0.25) is 0 Å². The summed E-state index contributed by atoms with van der Waals surface area (Å²) in [7, 11) is -1.53. The molecule has 0 aliphatic rings. The highest BCUT2D eigenvalue weighted by molar-refractivity contribution is 6.67. The molecule has 0 atom stereocenters. The summed E-state index contributed by atoms with van der Waals surface area (Å²) in [6.45, 7) is 0. The normalized spacial score (nSPS) is 10.1. The zero-order valence-corrected chi connectivity index (χ0v) is 6.27. The third kappa shape index (κ3) is 1.64. The van der Waals surface area contributed by atoms with Crippen molar-refractivity contribution in [2.24, 2.45) is 10.8 Å². The highest BCUT2D eigenvalue weighted by atomic mass is 28.3. The van der Waals surface area contributed by atoms with Crippen LogP contribution in [0.5, 0.6) is 0 Å². The zero-order chi connectivity index (χ0) is 6.69. The van der Waals surface area contributed by atoms with Crippen LogP contribution in [0.3, 0.4) is 0 Å². The van der Waals surface area contributed by atoms with Crippen molar-refractivity contribution in [1.29, 1.82) is 0 Å². The van der Waals surface area contributed by atoms with Gasteiger partial charge >= 0.3 is 0 Å². The first-order valence-electron chi connectivity index (χ1n) is 2.87. The van der Waals surface area contributed by atoms with E-state index in [9.17, 15) is 0 Å². The molecule has 0 aliphatic heterocycles. The molecule has 1 rings (SSSR count). The van der Waals surface area contributed by atoms with Crippen LogP contribution in [0.15, 0.2) is 30.3 Å². The van der Waals surface area contributed by atoms with Crippen LogP contribution >= 0.6 is 0 Å². The Morgan fingerprint density at radius 2 is 1.56 bits per heavy atom. The molecule has 0 saturated heterocycles. The molecule has 3 heteroatoms. The fourth-order valence-electron chi connectivity index (χ4n) is 0.675. The molecule has 0 spiro atoms. The van der Waals surface area contributed by atoms with Gasteiger partial charge in [0, 0.05) is 0 Å². The van der Waals surface area contributed by atoms with E-state index in [0.717, 1.165) is 5.19 Å². The second kappa shape index (κ2) is 2.77. The van der Waals surface area contributed by atoms with Gasteiger partial charge in [0.1, 0.15) is 0 Å². The van der Waals surface area contributed by atoms with Crippen LogP contribution < -0.4 is 16.0 Å². The maximum Gasteiger partial charge on any atom is 0.212 e. The largest absolute Gasteiger partial charge is 0.338 e. The summed E-state index contributed by atoms with van der Waals surface area (Å²) in [5, 5.41) is 12.2. The van der Waals surface area contributed by atoms with E-state index in [2.05, 4.69) is 0 Å². The maximum atomic E-state index is 5.53. The van der Waals surface area contributed by atoms with Gasteiger partial charge in [-0.3, -0.25) is 0 Å². The minimum atomic E-state index is -1.53. The van der Waals surface area contributed by atoms with Gasteiger partial charge in [-0.05, 0) is 5.19 Å². The zero-order valence-electron chi connectivity index (χ0n) is 5.12. The molecule has 0 bridgehead atoms. The van der Waals surface area contributed by atoms with Gasteiger partial charge < -0.3 is 10.8 Å². The Morgan fingerprint density at radius 1 is 1.00 bits per heavy atom. The van der Waals surface area contributed by atoms with Gasteiger partial charge in [-0.25, -0.2) is 0 Å². The maximum absolute atomic E-state index is 5.53. The number of hydrogen-bond acceptors (Lipinski definition) is 2. The summed E-state index contributed by atoms with van der Waals surface area (Å²) in [4.78, 5) is 0. The summed E-state index contributed by atoms with van der Waals surface area (Å²) in [5.41, 5.74) is 0. The number of hydrogen-bond donors (Lipinski definition) is 2. The average Bonchev–Trinajstić information content (AvgIpc) is 1.90. The lowest BCUT2D eigenvalue weighted by atomic mass is 10.4. The van der Waals surface area contributed by atoms with Crippen molar-refractivity contribution in [1.82, 2.24) is 0 Å². The van der Waals surface area contributed by atoms with Gasteiger partial charge in [-0.1, -0.05) is 30.3 Å². The molecule has 2 nitrogen and oxygen atoms in total. The van der Waals surface area contributed by atoms with Crippen molar-refractivity contribution in [2.75, 3.05) is 0 Å². The molecule has 48 valence electrons. The molecule has 0 heterocycles. The molecule has 0 unspecified atom stereocenters. The molecule has 1 aromatic carbocycles. The molecular weight excluding hydrogens is 128 g/mol. The topological polar surface area (TPSA) is 52.0 Å². The first-order chi connectivity index (χ1) is 4.30. The average molecular weight is 138 g/mol. The summed E-state index contributed by atoms with van der Waals surface area (Å²) >= 11 is 0. The lowest BCUT2D eigenvalue weighted by Gasteiger charge is -1.99. The van der Waals surface area contributed by atoms with Crippen LogP contribution in [0.1, 0.15) is 0 Å². The Labute approximate surface area is 56.2 Å². The minimum absolute atomic E-state index is 1.11. The van der Waals surface area contributed by atoms with Crippen molar-refractivity contribution in [2.45, 2.75) is 0 Å². The number of rotatable bonds is 1. The molecule has 4 N–H and O–H groups in total. The highest BCUT2D eigenvalue weighted by Gasteiger charge is 1.97. The molecule has 1 aromatic rings. The Balaban J connectivity index is 2.85.